The molecule has 0 fully saturated rings. The van der Waals surface area contributed by atoms with Crippen molar-refractivity contribution >= 4 is 19.8 Å². The van der Waals surface area contributed by atoms with E-state index in [1.807, 2.05) is 0 Å². The Kier molecular flexibility index (Phi) is 20.3. The van der Waals surface area contributed by atoms with Gasteiger partial charge in [0.1, 0.15) is 0 Å². The highest BCUT2D eigenvalue weighted by atomic mass is 31.2. The van der Waals surface area contributed by atoms with Gasteiger partial charge in [0, 0.05) is 12.8 Å². The van der Waals surface area contributed by atoms with Gasteiger partial charge in [-0.25, -0.2) is 4.57 Å². The molecule has 0 aromatic rings. The molecule has 0 aliphatic heterocycles. The highest BCUT2D eigenvalue weighted by Crippen LogP contribution is 2.43. The van der Waals surface area contributed by atoms with Crippen molar-refractivity contribution in [3.8, 4) is 0 Å². The lowest BCUT2D eigenvalue weighted by molar-refractivity contribution is -0.144. The van der Waals surface area contributed by atoms with E-state index in [1.165, 1.54) is 0 Å². The summed E-state index contributed by atoms with van der Waals surface area (Å²) < 4.78 is 31.8. The van der Waals surface area contributed by atoms with Crippen LogP contribution in [0, 0.1) is 0 Å². The molecule has 9 heteroatoms. The van der Waals surface area contributed by atoms with Crippen LogP contribution in [0.3, 0.4) is 0 Å². The second kappa shape index (κ2) is 20.9. The Hall–Kier alpha value is -0.950. The Morgan fingerprint density at radius 1 is 0.581 bits per heavy atom. The van der Waals surface area contributed by atoms with Crippen molar-refractivity contribution in [1.29, 1.82) is 0 Å². The van der Waals surface area contributed by atoms with Gasteiger partial charge >= 0.3 is 19.8 Å². The van der Waals surface area contributed by atoms with Crippen LogP contribution in [0.1, 0.15) is 104 Å². The number of esters is 2. The first-order chi connectivity index (χ1) is 14.9. The number of hydrogen-bond donors (Lipinski definition) is 1. The molecular formula is C22H43O8P. The summed E-state index contributed by atoms with van der Waals surface area (Å²) in [5.41, 5.74) is 0. The van der Waals surface area contributed by atoms with Crippen LogP contribution in [0.15, 0.2) is 0 Å². The number of rotatable bonds is 22. The van der Waals surface area contributed by atoms with Crippen molar-refractivity contribution < 1.29 is 37.6 Å². The summed E-state index contributed by atoms with van der Waals surface area (Å²) in [6.07, 6.45) is 12.0. The smallest absolute Gasteiger partial charge is 0.466 e. The second-order valence-corrected chi connectivity index (χ2v) is 8.98. The molecule has 0 aromatic carbocycles. The van der Waals surface area contributed by atoms with Crippen LogP contribution in [0.4, 0.5) is 0 Å². The third kappa shape index (κ3) is 22.0. The average molecular weight is 467 g/mol. The highest BCUT2D eigenvalue weighted by Gasteiger charge is 2.19. The maximum atomic E-state index is 11.8. The Morgan fingerprint density at radius 2 is 0.871 bits per heavy atom. The van der Waals surface area contributed by atoms with Gasteiger partial charge in [-0.2, -0.15) is 0 Å². The van der Waals surface area contributed by atoms with Gasteiger partial charge in [-0.1, -0.05) is 65.2 Å². The number of phosphoric acid groups is 1. The quantitative estimate of drug-likeness (QED) is 0.123. The summed E-state index contributed by atoms with van der Waals surface area (Å²) in [6.45, 7) is 4.95. The van der Waals surface area contributed by atoms with Gasteiger partial charge in [-0.15, -0.1) is 0 Å². The zero-order valence-electron chi connectivity index (χ0n) is 19.5. The molecular weight excluding hydrogens is 423 g/mol. The molecule has 0 rings (SSSR count). The average Bonchev–Trinajstić information content (AvgIpc) is 2.75. The van der Waals surface area contributed by atoms with Crippen LogP contribution in [0.2, 0.25) is 0 Å². The number of carbonyl (C=O) groups is 2. The van der Waals surface area contributed by atoms with Crippen molar-refractivity contribution in [2.75, 3.05) is 26.4 Å². The van der Waals surface area contributed by atoms with E-state index in [9.17, 15) is 19.0 Å². The highest BCUT2D eigenvalue weighted by molar-refractivity contribution is 7.47. The monoisotopic (exact) mass is 466 g/mol. The molecule has 1 N–H and O–H groups in total. The maximum absolute atomic E-state index is 11.8. The van der Waals surface area contributed by atoms with Crippen LogP contribution < -0.4 is 0 Å². The predicted octanol–water partition coefficient (Wildman–Crippen LogP) is 5.71. The fraction of sp³-hybridized carbons (Fsp3) is 0.909. The summed E-state index contributed by atoms with van der Waals surface area (Å²) in [5, 5.41) is 0. The van der Waals surface area contributed by atoms with Crippen molar-refractivity contribution in [1.82, 2.24) is 0 Å². The first-order valence-corrected chi connectivity index (χ1v) is 13.3. The normalized spacial score (nSPS) is 11.5. The molecule has 31 heavy (non-hydrogen) atoms. The van der Waals surface area contributed by atoms with E-state index in [-0.39, 0.29) is 25.2 Å². The van der Waals surface area contributed by atoms with Gasteiger partial charge in [-0.05, 0) is 25.7 Å². The van der Waals surface area contributed by atoms with Crippen LogP contribution in [0.25, 0.3) is 0 Å². The molecule has 0 unspecified atom stereocenters. The minimum atomic E-state index is -3.96. The molecule has 0 saturated heterocycles. The van der Waals surface area contributed by atoms with Crippen LogP contribution in [-0.4, -0.2) is 43.3 Å². The van der Waals surface area contributed by atoms with E-state index in [2.05, 4.69) is 0 Å². The lowest BCUT2D eigenvalue weighted by Crippen LogP contribution is -2.03. The van der Waals surface area contributed by atoms with Crippen LogP contribution in [-0.2, 0) is 32.7 Å². The summed E-state index contributed by atoms with van der Waals surface area (Å²) >= 11 is 0. The minimum absolute atomic E-state index is 0.156. The molecule has 0 radical (unpaired) electrons. The van der Waals surface area contributed by atoms with Crippen molar-refractivity contribution in [3.05, 3.63) is 0 Å². The molecule has 0 bridgehead atoms. The summed E-state index contributed by atoms with van der Waals surface area (Å²) in [4.78, 5) is 31.6. The summed E-state index contributed by atoms with van der Waals surface area (Å²) in [5.74, 6) is -0.313. The molecule has 0 aliphatic carbocycles. The van der Waals surface area contributed by atoms with E-state index in [1.54, 1.807) is 13.8 Å². The molecule has 184 valence electrons. The molecule has 8 nitrogen and oxygen atoms in total. The third-order valence-electron chi connectivity index (χ3n) is 4.69. The molecule has 0 aromatic heterocycles. The van der Waals surface area contributed by atoms with Gasteiger partial charge in [0.05, 0.1) is 26.4 Å². The van der Waals surface area contributed by atoms with Gasteiger partial charge in [0.2, 0.25) is 0 Å². The number of carbonyl (C=O) groups excluding carboxylic acids is 2. The first-order valence-electron chi connectivity index (χ1n) is 11.8. The van der Waals surface area contributed by atoms with Crippen molar-refractivity contribution in [3.63, 3.8) is 0 Å². The van der Waals surface area contributed by atoms with Gasteiger partial charge in [-0.3, -0.25) is 18.6 Å². The predicted molar refractivity (Wildman–Crippen MR) is 120 cm³/mol. The molecule has 0 heterocycles. The third-order valence-corrected chi connectivity index (χ3v) is 5.71. The number of phosphoric ester groups is 1. The Bertz CT molecular complexity index is 458. The number of hydrogen-bond acceptors (Lipinski definition) is 7. The lowest BCUT2D eigenvalue weighted by Gasteiger charge is -2.12. The summed E-state index contributed by atoms with van der Waals surface area (Å²) in [6, 6.07) is 0. The van der Waals surface area contributed by atoms with Crippen molar-refractivity contribution in [2.24, 2.45) is 0 Å². The zero-order chi connectivity index (χ0) is 23.2. The Labute approximate surface area is 188 Å². The topological polar surface area (TPSA) is 108 Å². The largest absolute Gasteiger partial charge is 0.472 e. The maximum Gasteiger partial charge on any atom is 0.472 e. The molecule has 0 atom stereocenters. The fourth-order valence-corrected chi connectivity index (χ4v) is 3.59. The molecule has 0 saturated carbocycles. The second-order valence-electron chi connectivity index (χ2n) is 7.53. The van der Waals surface area contributed by atoms with E-state index >= 15 is 0 Å². The Balaban J connectivity index is 3.39. The van der Waals surface area contributed by atoms with Gasteiger partial charge < -0.3 is 14.4 Å². The summed E-state index contributed by atoms with van der Waals surface area (Å²) in [7, 11) is -3.96. The van der Waals surface area contributed by atoms with E-state index in [4.69, 9.17) is 18.5 Å². The number of ether oxygens (including phenoxy) is 2. The standard InChI is InChI=1S/C22H43O8P/c1-3-21(23)27-17-13-9-5-7-11-15-19-29-31(25,26)30-20-16-12-8-6-10-14-18-28-22(24)4-2/h3-20H2,1-2H3,(H,25,26). The number of unbranched alkanes of at least 4 members (excludes halogenated alkanes) is 10. The van der Waals surface area contributed by atoms with Gasteiger partial charge in [0.15, 0.2) is 0 Å². The van der Waals surface area contributed by atoms with E-state index < -0.39 is 7.82 Å². The molecule has 0 amide bonds. The molecule has 0 aliphatic rings. The van der Waals surface area contributed by atoms with E-state index in [0.717, 1.165) is 64.2 Å². The fourth-order valence-electron chi connectivity index (χ4n) is 2.80. The van der Waals surface area contributed by atoms with Crippen LogP contribution in [0.5, 0.6) is 0 Å². The SMILES string of the molecule is CCC(=O)OCCCCCCCCOP(=O)(O)OCCCCCCCCOC(=O)CC. The van der Waals surface area contributed by atoms with Gasteiger partial charge in [0.25, 0.3) is 0 Å². The van der Waals surface area contributed by atoms with Crippen molar-refractivity contribution in [2.45, 2.75) is 104 Å². The molecule has 0 spiro atoms. The zero-order valence-corrected chi connectivity index (χ0v) is 20.4. The van der Waals surface area contributed by atoms with Crippen LogP contribution >= 0.6 is 7.82 Å². The minimum Gasteiger partial charge on any atom is -0.466 e. The Morgan fingerprint density at radius 3 is 1.19 bits per heavy atom. The van der Waals surface area contributed by atoms with E-state index in [0.29, 0.717) is 38.9 Å². The lowest BCUT2D eigenvalue weighted by atomic mass is 10.1. The first kappa shape index (κ1) is 30.0.